The number of methoxy groups -OCH3 is 1. The molecule has 1 atom stereocenters. The van der Waals surface area contributed by atoms with Crippen LogP contribution in [0, 0.1) is 0 Å². The van der Waals surface area contributed by atoms with Crippen molar-refractivity contribution < 1.29 is 24.2 Å². The first kappa shape index (κ1) is 14.8. The van der Waals surface area contributed by atoms with Crippen molar-refractivity contribution in [2.24, 2.45) is 0 Å². The van der Waals surface area contributed by atoms with Crippen LogP contribution in [-0.2, 0) is 4.79 Å². The fraction of sp³-hybridized carbons (Fsp3) is 0.385. The fourth-order valence-corrected chi connectivity index (χ4v) is 1.51. The zero-order valence-corrected chi connectivity index (χ0v) is 11.3. The molecule has 19 heavy (non-hydrogen) atoms. The van der Waals surface area contributed by atoms with Gasteiger partial charge in [0.2, 0.25) is 0 Å². The molecule has 0 spiro atoms. The standard InChI is InChI=1S/C13H17NO5/c1-8(12(15)14(2)3)19-11-7-9(18-4)5-6-10(11)13(16)17/h5-8H,1-4H3,(H,16,17). The Balaban J connectivity index is 3.04. The number of carboxylic acids is 1. The number of ether oxygens (including phenoxy) is 2. The summed E-state index contributed by atoms with van der Waals surface area (Å²) in [5.41, 5.74) is -0.0146. The van der Waals surface area contributed by atoms with Gasteiger partial charge in [-0.25, -0.2) is 4.79 Å². The molecule has 6 nitrogen and oxygen atoms in total. The van der Waals surface area contributed by atoms with E-state index >= 15 is 0 Å². The van der Waals surface area contributed by atoms with Gasteiger partial charge in [-0.1, -0.05) is 0 Å². The Labute approximate surface area is 111 Å². The van der Waals surface area contributed by atoms with Crippen LogP contribution in [0.3, 0.4) is 0 Å². The first-order valence-electron chi connectivity index (χ1n) is 5.66. The lowest BCUT2D eigenvalue weighted by molar-refractivity contribution is -0.135. The Morgan fingerprint density at radius 2 is 1.95 bits per heavy atom. The molecule has 1 N–H and O–H groups in total. The van der Waals surface area contributed by atoms with Gasteiger partial charge in [0.25, 0.3) is 5.91 Å². The molecule has 0 aliphatic carbocycles. The molecular formula is C13H17NO5. The van der Waals surface area contributed by atoms with Gasteiger partial charge in [0.05, 0.1) is 7.11 Å². The number of hydrogen-bond acceptors (Lipinski definition) is 4. The van der Waals surface area contributed by atoms with Crippen LogP contribution >= 0.6 is 0 Å². The van der Waals surface area contributed by atoms with Gasteiger partial charge in [0, 0.05) is 20.2 Å². The number of carboxylic acid groups (broad SMARTS) is 1. The minimum atomic E-state index is -1.12. The lowest BCUT2D eigenvalue weighted by atomic mass is 10.2. The summed E-state index contributed by atoms with van der Waals surface area (Å²) in [4.78, 5) is 24.2. The highest BCUT2D eigenvalue weighted by Crippen LogP contribution is 2.26. The number of benzene rings is 1. The van der Waals surface area contributed by atoms with Crippen LogP contribution in [0.1, 0.15) is 17.3 Å². The number of rotatable bonds is 5. The molecule has 0 heterocycles. The maximum atomic E-state index is 11.7. The second-order valence-corrected chi connectivity index (χ2v) is 4.16. The predicted molar refractivity (Wildman–Crippen MR) is 68.7 cm³/mol. The average molecular weight is 267 g/mol. The highest BCUT2D eigenvalue weighted by atomic mass is 16.5. The van der Waals surface area contributed by atoms with Crippen LogP contribution in [0.5, 0.6) is 11.5 Å². The van der Waals surface area contributed by atoms with Crippen molar-refractivity contribution in [3.05, 3.63) is 23.8 Å². The normalized spacial score (nSPS) is 11.6. The van der Waals surface area contributed by atoms with Gasteiger partial charge < -0.3 is 19.5 Å². The second kappa shape index (κ2) is 6.08. The summed E-state index contributed by atoms with van der Waals surface area (Å²) in [6.07, 6.45) is -0.778. The fourth-order valence-electron chi connectivity index (χ4n) is 1.51. The van der Waals surface area contributed by atoms with Gasteiger partial charge in [-0.05, 0) is 19.1 Å². The van der Waals surface area contributed by atoms with E-state index < -0.39 is 12.1 Å². The zero-order valence-electron chi connectivity index (χ0n) is 11.3. The quantitative estimate of drug-likeness (QED) is 0.868. The smallest absolute Gasteiger partial charge is 0.339 e. The van der Waals surface area contributed by atoms with Crippen molar-refractivity contribution in [1.82, 2.24) is 4.90 Å². The Morgan fingerprint density at radius 1 is 1.32 bits per heavy atom. The van der Waals surface area contributed by atoms with E-state index in [1.807, 2.05) is 0 Å². The molecule has 1 aromatic rings. The molecule has 0 saturated heterocycles. The number of carbonyl (C=O) groups excluding carboxylic acids is 1. The van der Waals surface area contributed by atoms with Crippen molar-refractivity contribution in [2.75, 3.05) is 21.2 Å². The molecule has 0 bridgehead atoms. The van der Waals surface area contributed by atoms with E-state index in [0.29, 0.717) is 5.75 Å². The summed E-state index contributed by atoms with van der Waals surface area (Å²) < 4.78 is 10.4. The summed E-state index contributed by atoms with van der Waals surface area (Å²) in [5.74, 6) is -0.805. The Bertz CT molecular complexity index is 484. The van der Waals surface area contributed by atoms with E-state index in [9.17, 15) is 9.59 Å². The minimum absolute atomic E-state index is 0.0146. The number of amides is 1. The maximum absolute atomic E-state index is 11.7. The molecule has 0 fully saturated rings. The van der Waals surface area contributed by atoms with Crippen LogP contribution in [0.2, 0.25) is 0 Å². The van der Waals surface area contributed by atoms with Gasteiger partial charge in [0.15, 0.2) is 6.10 Å². The maximum Gasteiger partial charge on any atom is 0.339 e. The summed E-state index contributed by atoms with van der Waals surface area (Å²) in [6.45, 7) is 1.56. The molecule has 0 aliphatic rings. The van der Waals surface area contributed by atoms with Crippen molar-refractivity contribution in [3.63, 3.8) is 0 Å². The number of aromatic carboxylic acids is 1. The van der Waals surface area contributed by atoms with E-state index in [-0.39, 0.29) is 17.2 Å². The number of hydrogen-bond donors (Lipinski definition) is 1. The first-order valence-corrected chi connectivity index (χ1v) is 5.66. The molecular weight excluding hydrogens is 250 g/mol. The average Bonchev–Trinajstić information content (AvgIpc) is 2.36. The van der Waals surface area contributed by atoms with Crippen LogP contribution < -0.4 is 9.47 Å². The first-order chi connectivity index (χ1) is 8.86. The topological polar surface area (TPSA) is 76.1 Å². The molecule has 0 aliphatic heterocycles. The van der Waals surface area contributed by atoms with Crippen molar-refractivity contribution >= 4 is 11.9 Å². The SMILES string of the molecule is COc1ccc(C(=O)O)c(OC(C)C(=O)N(C)C)c1. The van der Waals surface area contributed by atoms with Crippen LogP contribution in [-0.4, -0.2) is 49.2 Å². The summed E-state index contributed by atoms with van der Waals surface area (Å²) in [7, 11) is 4.67. The van der Waals surface area contributed by atoms with E-state index in [4.69, 9.17) is 14.6 Å². The van der Waals surface area contributed by atoms with Gasteiger partial charge >= 0.3 is 5.97 Å². The molecule has 104 valence electrons. The Hall–Kier alpha value is -2.24. The van der Waals surface area contributed by atoms with E-state index in [1.54, 1.807) is 21.0 Å². The van der Waals surface area contributed by atoms with Crippen LogP contribution in [0.15, 0.2) is 18.2 Å². The van der Waals surface area contributed by atoms with Gasteiger partial charge in [-0.15, -0.1) is 0 Å². The third-order valence-corrected chi connectivity index (χ3v) is 2.51. The monoisotopic (exact) mass is 267 g/mol. The summed E-state index contributed by atoms with van der Waals surface area (Å²) >= 11 is 0. The molecule has 1 amide bonds. The molecule has 1 unspecified atom stereocenters. The lowest BCUT2D eigenvalue weighted by Gasteiger charge is -2.19. The Morgan fingerprint density at radius 3 is 2.42 bits per heavy atom. The minimum Gasteiger partial charge on any atom is -0.497 e. The largest absolute Gasteiger partial charge is 0.497 e. The van der Waals surface area contributed by atoms with Gasteiger partial charge in [-0.3, -0.25) is 4.79 Å². The molecule has 0 saturated carbocycles. The van der Waals surface area contributed by atoms with E-state index in [1.165, 1.54) is 30.2 Å². The third-order valence-electron chi connectivity index (χ3n) is 2.51. The van der Waals surface area contributed by atoms with E-state index in [2.05, 4.69) is 0 Å². The molecule has 6 heteroatoms. The molecule has 0 radical (unpaired) electrons. The third kappa shape index (κ3) is 3.61. The van der Waals surface area contributed by atoms with Crippen LogP contribution in [0.25, 0.3) is 0 Å². The number of carbonyl (C=O) groups is 2. The highest BCUT2D eigenvalue weighted by molar-refractivity contribution is 5.91. The lowest BCUT2D eigenvalue weighted by Crippen LogP contribution is -2.35. The van der Waals surface area contributed by atoms with Crippen molar-refractivity contribution in [3.8, 4) is 11.5 Å². The van der Waals surface area contributed by atoms with Gasteiger partial charge in [-0.2, -0.15) is 0 Å². The van der Waals surface area contributed by atoms with E-state index in [0.717, 1.165) is 0 Å². The molecule has 0 aromatic heterocycles. The predicted octanol–water partition coefficient (Wildman–Crippen LogP) is 1.25. The van der Waals surface area contributed by atoms with Crippen LogP contribution in [0.4, 0.5) is 0 Å². The van der Waals surface area contributed by atoms with Crippen molar-refractivity contribution in [2.45, 2.75) is 13.0 Å². The van der Waals surface area contributed by atoms with Crippen molar-refractivity contribution in [1.29, 1.82) is 0 Å². The molecule has 1 aromatic carbocycles. The molecule has 1 rings (SSSR count). The number of likely N-dealkylation sites (N-methyl/N-ethyl adjacent to an activating group) is 1. The van der Waals surface area contributed by atoms with Gasteiger partial charge in [0.1, 0.15) is 17.1 Å². The summed E-state index contributed by atoms with van der Waals surface area (Å²) in [5, 5.41) is 9.07. The second-order valence-electron chi connectivity index (χ2n) is 4.16. The number of nitrogens with zero attached hydrogens (tertiary/aromatic N) is 1. The highest BCUT2D eigenvalue weighted by Gasteiger charge is 2.20. The zero-order chi connectivity index (χ0) is 14.6. The Kier molecular flexibility index (Phi) is 4.74. The summed E-state index contributed by atoms with van der Waals surface area (Å²) in [6, 6.07) is 4.35.